The van der Waals surface area contributed by atoms with Crippen molar-refractivity contribution in [2.75, 3.05) is 24.7 Å². The van der Waals surface area contributed by atoms with Crippen LogP contribution < -0.4 is 9.64 Å². The average molecular weight is 360 g/mol. The lowest BCUT2D eigenvalue weighted by atomic mass is 10.2. The van der Waals surface area contributed by atoms with E-state index in [4.69, 9.17) is 9.47 Å². The summed E-state index contributed by atoms with van der Waals surface area (Å²) in [5.41, 5.74) is 1.79. The molecule has 6 nitrogen and oxygen atoms in total. The summed E-state index contributed by atoms with van der Waals surface area (Å²) in [6.45, 7) is 3.20. The highest BCUT2D eigenvalue weighted by Crippen LogP contribution is 2.25. The number of aryl methyl sites for hydroxylation is 1. The minimum Gasteiger partial charge on any atom is -0.490 e. The van der Waals surface area contributed by atoms with Crippen LogP contribution in [0.4, 0.5) is 5.13 Å². The molecule has 3 rings (SSSR count). The van der Waals surface area contributed by atoms with E-state index in [-0.39, 0.29) is 24.9 Å². The third-order valence-electron chi connectivity index (χ3n) is 3.81. The monoisotopic (exact) mass is 360 g/mol. The van der Waals surface area contributed by atoms with Gasteiger partial charge in [0.15, 0.2) is 5.13 Å². The highest BCUT2D eigenvalue weighted by atomic mass is 32.1. The minimum absolute atomic E-state index is 0.0942. The Balaban J connectivity index is 1.40. The number of ether oxygens (including phenoxy) is 2. The largest absolute Gasteiger partial charge is 0.490 e. The van der Waals surface area contributed by atoms with E-state index in [0.29, 0.717) is 30.4 Å². The van der Waals surface area contributed by atoms with Gasteiger partial charge in [-0.25, -0.2) is 4.98 Å². The van der Waals surface area contributed by atoms with Gasteiger partial charge in [0.05, 0.1) is 12.1 Å². The molecule has 2 heterocycles. The van der Waals surface area contributed by atoms with Crippen molar-refractivity contribution in [3.63, 3.8) is 0 Å². The van der Waals surface area contributed by atoms with Crippen molar-refractivity contribution in [3.05, 3.63) is 40.9 Å². The first kappa shape index (κ1) is 17.4. The second kappa shape index (κ2) is 8.11. The van der Waals surface area contributed by atoms with Crippen LogP contribution in [-0.2, 0) is 20.7 Å². The van der Waals surface area contributed by atoms with E-state index in [1.807, 2.05) is 31.2 Å². The van der Waals surface area contributed by atoms with Gasteiger partial charge in [0.1, 0.15) is 19.0 Å². The topological polar surface area (TPSA) is 68.7 Å². The summed E-state index contributed by atoms with van der Waals surface area (Å²) < 4.78 is 10.7. The molecule has 0 N–H and O–H groups in total. The summed E-state index contributed by atoms with van der Waals surface area (Å²) in [7, 11) is 0. The molecule has 0 saturated carbocycles. The fourth-order valence-electron chi connectivity index (χ4n) is 2.50. The summed E-state index contributed by atoms with van der Waals surface area (Å²) in [5.74, 6) is 0.495. The predicted octanol–water partition coefficient (Wildman–Crippen LogP) is 2.74. The number of esters is 1. The lowest BCUT2D eigenvalue weighted by molar-refractivity contribution is -0.143. The zero-order valence-electron chi connectivity index (χ0n) is 14.1. The molecular weight excluding hydrogens is 340 g/mol. The number of anilines is 1. The maximum Gasteiger partial charge on any atom is 0.312 e. The molecule has 1 saturated heterocycles. The summed E-state index contributed by atoms with van der Waals surface area (Å²) in [6, 6.07) is 7.69. The number of carbonyl (C=O) groups excluding carboxylic acids is 2. The molecule has 7 heteroatoms. The number of amides is 1. The maximum atomic E-state index is 11.9. The molecule has 132 valence electrons. The van der Waals surface area contributed by atoms with E-state index >= 15 is 0 Å². The van der Waals surface area contributed by atoms with Gasteiger partial charge in [-0.1, -0.05) is 17.7 Å². The van der Waals surface area contributed by atoms with Crippen molar-refractivity contribution in [3.8, 4) is 5.75 Å². The number of hydrogen-bond acceptors (Lipinski definition) is 6. The number of nitrogens with zero attached hydrogens (tertiary/aromatic N) is 2. The van der Waals surface area contributed by atoms with Crippen LogP contribution in [0.15, 0.2) is 29.6 Å². The van der Waals surface area contributed by atoms with E-state index in [1.54, 1.807) is 10.3 Å². The molecule has 0 unspecified atom stereocenters. The molecule has 25 heavy (non-hydrogen) atoms. The Morgan fingerprint density at radius 3 is 2.80 bits per heavy atom. The van der Waals surface area contributed by atoms with Gasteiger partial charge in [-0.2, -0.15) is 0 Å². The highest BCUT2D eigenvalue weighted by Gasteiger charge is 2.24. The number of benzene rings is 1. The SMILES string of the molecule is Cc1ccc(OCCOC(=O)Cc2csc(N3CCCC3=O)n2)cc1. The lowest BCUT2D eigenvalue weighted by Crippen LogP contribution is -2.23. The van der Waals surface area contributed by atoms with Crippen molar-refractivity contribution >= 4 is 28.3 Å². The molecule has 1 aromatic carbocycles. The van der Waals surface area contributed by atoms with Gasteiger partial charge in [0.2, 0.25) is 5.91 Å². The number of thiazole rings is 1. The van der Waals surface area contributed by atoms with E-state index < -0.39 is 0 Å². The normalized spacial score (nSPS) is 14.0. The van der Waals surface area contributed by atoms with Crippen LogP contribution in [0.25, 0.3) is 0 Å². The van der Waals surface area contributed by atoms with Crippen LogP contribution >= 0.6 is 11.3 Å². The van der Waals surface area contributed by atoms with E-state index in [1.165, 1.54) is 11.3 Å². The second-order valence-electron chi connectivity index (χ2n) is 5.83. The smallest absolute Gasteiger partial charge is 0.312 e. The van der Waals surface area contributed by atoms with E-state index in [0.717, 1.165) is 17.7 Å². The highest BCUT2D eigenvalue weighted by molar-refractivity contribution is 7.14. The van der Waals surface area contributed by atoms with Crippen LogP contribution in [0.2, 0.25) is 0 Å². The molecule has 1 aromatic heterocycles. The summed E-state index contributed by atoms with van der Waals surface area (Å²) >= 11 is 1.38. The summed E-state index contributed by atoms with van der Waals surface area (Å²) in [6.07, 6.45) is 1.53. The van der Waals surface area contributed by atoms with Gasteiger partial charge >= 0.3 is 5.97 Å². The molecule has 1 fully saturated rings. The Kier molecular flexibility index (Phi) is 5.65. The predicted molar refractivity (Wildman–Crippen MR) is 95.0 cm³/mol. The fourth-order valence-corrected chi connectivity index (χ4v) is 3.37. The Bertz CT molecular complexity index is 742. The van der Waals surface area contributed by atoms with Crippen molar-refractivity contribution < 1.29 is 19.1 Å². The third kappa shape index (κ3) is 4.79. The fraction of sp³-hybridized carbons (Fsp3) is 0.389. The Morgan fingerprint density at radius 2 is 2.08 bits per heavy atom. The van der Waals surface area contributed by atoms with Crippen LogP contribution in [0.3, 0.4) is 0 Å². The Labute approximate surface area is 150 Å². The zero-order chi connectivity index (χ0) is 17.6. The zero-order valence-corrected chi connectivity index (χ0v) is 14.9. The number of carbonyl (C=O) groups is 2. The van der Waals surface area contributed by atoms with Gasteiger partial charge in [-0.15, -0.1) is 11.3 Å². The Morgan fingerprint density at radius 1 is 1.28 bits per heavy atom. The second-order valence-corrected chi connectivity index (χ2v) is 6.67. The summed E-state index contributed by atoms with van der Waals surface area (Å²) in [4.78, 5) is 29.6. The lowest BCUT2D eigenvalue weighted by Gasteiger charge is -2.10. The standard InChI is InChI=1S/C18H20N2O4S/c1-13-4-6-15(7-5-13)23-9-10-24-17(22)11-14-12-25-18(19-14)20-8-2-3-16(20)21/h4-7,12H,2-3,8-11H2,1H3. The van der Waals surface area contributed by atoms with Crippen molar-refractivity contribution in [2.45, 2.75) is 26.2 Å². The van der Waals surface area contributed by atoms with E-state index in [9.17, 15) is 9.59 Å². The van der Waals surface area contributed by atoms with Crippen molar-refractivity contribution in [1.82, 2.24) is 4.98 Å². The van der Waals surface area contributed by atoms with Crippen LogP contribution in [0, 0.1) is 6.92 Å². The molecule has 1 amide bonds. The van der Waals surface area contributed by atoms with Gasteiger partial charge in [-0.3, -0.25) is 14.5 Å². The molecule has 0 atom stereocenters. The number of aromatic nitrogens is 1. The molecule has 0 bridgehead atoms. The average Bonchev–Trinajstić information content (AvgIpc) is 3.22. The molecule has 0 radical (unpaired) electrons. The Hall–Kier alpha value is -2.41. The molecule has 1 aliphatic rings. The van der Waals surface area contributed by atoms with Crippen molar-refractivity contribution in [1.29, 1.82) is 0 Å². The first-order valence-corrected chi connectivity index (χ1v) is 9.09. The molecule has 0 spiro atoms. The first-order valence-electron chi connectivity index (χ1n) is 8.22. The van der Waals surface area contributed by atoms with Crippen LogP contribution in [0.5, 0.6) is 5.75 Å². The van der Waals surface area contributed by atoms with Gasteiger partial charge < -0.3 is 9.47 Å². The maximum absolute atomic E-state index is 11.9. The van der Waals surface area contributed by atoms with Gasteiger partial charge in [0.25, 0.3) is 0 Å². The quantitative estimate of drug-likeness (QED) is 0.561. The number of rotatable bonds is 7. The van der Waals surface area contributed by atoms with E-state index in [2.05, 4.69) is 4.98 Å². The molecule has 2 aromatic rings. The first-order chi connectivity index (χ1) is 12.1. The number of hydrogen-bond donors (Lipinski definition) is 0. The molecule has 1 aliphatic heterocycles. The molecular formula is C18H20N2O4S. The van der Waals surface area contributed by atoms with Gasteiger partial charge in [0, 0.05) is 18.3 Å². The van der Waals surface area contributed by atoms with Crippen LogP contribution in [0.1, 0.15) is 24.1 Å². The van der Waals surface area contributed by atoms with Crippen LogP contribution in [-0.4, -0.2) is 36.6 Å². The summed E-state index contributed by atoms with van der Waals surface area (Å²) in [5, 5.41) is 2.46. The minimum atomic E-state index is -0.350. The molecule has 0 aliphatic carbocycles. The van der Waals surface area contributed by atoms with Gasteiger partial charge in [-0.05, 0) is 25.5 Å². The third-order valence-corrected chi connectivity index (χ3v) is 4.72. The van der Waals surface area contributed by atoms with Crippen molar-refractivity contribution in [2.24, 2.45) is 0 Å².